The normalized spacial score (nSPS) is 13.8. The van der Waals surface area contributed by atoms with E-state index in [2.05, 4.69) is 30.3 Å². The van der Waals surface area contributed by atoms with Crippen molar-refractivity contribution in [2.75, 3.05) is 0 Å². The minimum absolute atomic E-state index is 0.576. The van der Waals surface area contributed by atoms with Gasteiger partial charge in [0.15, 0.2) is 0 Å². The van der Waals surface area contributed by atoms with Crippen molar-refractivity contribution < 1.29 is 4.74 Å². The topological polar surface area (TPSA) is 35.2 Å². The summed E-state index contributed by atoms with van der Waals surface area (Å²) in [5.41, 5.74) is 10.9. The average molecular weight is 267 g/mol. The summed E-state index contributed by atoms with van der Waals surface area (Å²) >= 11 is 0. The molecule has 0 bridgehead atoms. The first-order valence-electron chi connectivity index (χ1n) is 7.37. The predicted octanol–water partition coefficient (Wildman–Crippen LogP) is 3.60. The van der Waals surface area contributed by atoms with Crippen molar-refractivity contribution in [3.8, 4) is 5.75 Å². The summed E-state index contributed by atoms with van der Waals surface area (Å²) in [7, 11) is 0. The molecule has 2 aromatic rings. The van der Waals surface area contributed by atoms with Crippen molar-refractivity contribution in [1.82, 2.24) is 0 Å². The number of hydrogen-bond acceptors (Lipinski definition) is 2. The zero-order valence-electron chi connectivity index (χ0n) is 11.8. The van der Waals surface area contributed by atoms with Gasteiger partial charge in [0.25, 0.3) is 0 Å². The Balaban J connectivity index is 1.68. The van der Waals surface area contributed by atoms with Crippen LogP contribution in [0.15, 0.2) is 42.5 Å². The molecule has 1 aliphatic rings. The number of fused-ring (bicyclic) bond motifs is 1. The third-order valence-corrected chi connectivity index (χ3v) is 3.95. The highest BCUT2D eigenvalue weighted by molar-refractivity contribution is 5.37. The average Bonchev–Trinajstić information content (AvgIpc) is 2.53. The van der Waals surface area contributed by atoms with E-state index in [4.69, 9.17) is 10.5 Å². The number of ether oxygens (including phenoxy) is 1. The fourth-order valence-corrected chi connectivity index (χ4v) is 2.81. The van der Waals surface area contributed by atoms with E-state index in [-0.39, 0.29) is 0 Å². The summed E-state index contributed by atoms with van der Waals surface area (Å²) in [6, 6.07) is 14.8. The van der Waals surface area contributed by atoms with E-state index >= 15 is 0 Å². The Morgan fingerprint density at radius 1 is 0.900 bits per heavy atom. The van der Waals surface area contributed by atoms with Crippen LogP contribution in [0.4, 0.5) is 0 Å². The molecule has 0 heterocycles. The number of benzene rings is 2. The van der Waals surface area contributed by atoms with Crippen molar-refractivity contribution in [2.45, 2.75) is 38.8 Å². The lowest BCUT2D eigenvalue weighted by molar-refractivity contribution is 0.305. The predicted molar refractivity (Wildman–Crippen MR) is 81.7 cm³/mol. The van der Waals surface area contributed by atoms with E-state index in [1.165, 1.54) is 42.4 Å². The monoisotopic (exact) mass is 267 g/mol. The molecule has 0 saturated heterocycles. The summed E-state index contributed by atoms with van der Waals surface area (Å²) in [6.45, 7) is 1.18. The Bertz CT molecular complexity index is 592. The molecule has 0 amide bonds. The number of rotatable bonds is 4. The molecule has 2 nitrogen and oxygen atoms in total. The van der Waals surface area contributed by atoms with Crippen LogP contribution >= 0.6 is 0 Å². The lowest BCUT2D eigenvalue weighted by Crippen LogP contribution is -2.04. The van der Waals surface area contributed by atoms with Gasteiger partial charge in [-0.1, -0.05) is 30.3 Å². The zero-order chi connectivity index (χ0) is 13.8. The Kier molecular flexibility index (Phi) is 4.03. The highest BCUT2D eigenvalue weighted by Crippen LogP contribution is 2.25. The molecule has 0 saturated carbocycles. The zero-order valence-corrected chi connectivity index (χ0v) is 11.8. The van der Waals surface area contributed by atoms with Crippen LogP contribution in [-0.4, -0.2) is 0 Å². The molecule has 1 aliphatic carbocycles. The quantitative estimate of drug-likeness (QED) is 0.918. The fourth-order valence-electron chi connectivity index (χ4n) is 2.81. The minimum atomic E-state index is 0.576. The largest absolute Gasteiger partial charge is 0.489 e. The molecule has 2 aromatic carbocycles. The van der Waals surface area contributed by atoms with Gasteiger partial charge in [0.1, 0.15) is 12.4 Å². The van der Waals surface area contributed by atoms with Crippen molar-refractivity contribution in [3.63, 3.8) is 0 Å². The molecule has 20 heavy (non-hydrogen) atoms. The first kappa shape index (κ1) is 13.2. The highest BCUT2D eigenvalue weighted by atomic mass is 16.5. The van der Waals surface area contributed by atoms with Crippen LogP contribution in [0.1, 0.15) is 35.1 Å². The van der Waals surface area contributed by atoms with Gasteiger partial charge in [-0.3, -0.25) is 0 Å². The van der Waals surface area contributed by atoms with Gasteiger partial charge in [-0.2, -0.15) is 0 Å². The molecular weight excluding hydrogens is 246 g/mol. The van der Waals surface area contributed by atoms with Crippen molar-refractivity contribution >= 4 is 0 Å². The fraction of sp³-hybridized carbons (Fsp3) is 0.333. The SMILES string of the molecule is NCc1cccc(COc2ccc3c(c2)CCCC3)c1. The lowest BCUT2D eigenvalue weighted by Gasteiger charge is -2.17. The first-order valence-corrected chi connectivity index (χ1v) is 7.37. The number of hydrogen-bond donors (Lipinski definition) is 1. The van der Waals surface area contributed by atoms with Gasteiger partial charge >= 0.3 is 0 Å². The second-order valence-electron chi connectivity index (χ2n) is 5.45. The van der Waals surface area contributed by atoms with Crippen LogP contribution in [0.2, 0.25) is 0 Å². The standard InChI is InChI=1S/C18H21NO/c19-12-14-4-3-5-15(10-14)13-20-18-9-8-16-6-1-2-7-17(16)11-18/h3-5,8-11H,1-2,6-7,12-13,19H2. The maximum Gasteiger partial charge on any atom is 0.120 e. The second-order valence-corrected chi connectivity index (χ2v) is 5.45. The van der Waals surface area contributed by atoms with E-state index in [1.807, 2.05) is 12.1 Å². The van der Waals surface area contributed by atoms with E-state index < -0.39 is 0 Å². The van der Waals surface area contributed by atoms with E-state index in [0.29, 0.717) is 13.2 Å². The Morgan fingerprint density at radius 2 is 1.70 bits per heavy atom. The summed E-state index contributed by atoms with van der Waals surface area (Å²) in [6.07, 6.45) is 5.03. The molecule has 3 rings (SSSR count). The summed E-state index contributed by atoms with van der Waals surface area (Å²) < 4.78 is 5.92. The minimum Gasteiger partial charge on any atom is -0.489 e. The van der Waals surface area contributed by atoms with Gasteiger partial charge in [0, 0.05) is 6.54 Å². The Hall–Kier alpha value is -1.80. The van der Waals surface area contributed by atoms with E-state index in [9.17, 15) is 0 Å². The molecule has 0 spiro atoms. The van der Waals surface area contributed by atoms with Crippen molar-refractivity contribution in [1.29, 1.82) is 0 Å². The molecule has 0 radical (unpaired) electrons. The van der Waals surface area contributed by atoms with Crippen LogP contribution in [0.3, 0.4) is 0 Å². The number of nitrogens with two attached hydrogens (primary N) is 1. The van der Waals surface area contributed by atoms with Gasteiger partial charge in [-0.25, -0.2) is 0 Å². The molecule has 0 unspecified atom stereocenters. The molecule has 0 aliphatic heterocycles. The van der Waals surface area contributed by atoms with Crippen molar-refractivity contribution in [3.05, 3.63) is 64.7 Å². The number of aryl methyl sites for hydroxylation is 2. The van der Waals surface area contributed by atoms with Crippen LogP contribution in [0, 0.1) is 0 Å². The summed E-state index contributed by atoms with van der Waals surface area (Å²) in [5.74, 6) is 0.976. The van der Waals surface area contributed by atoms with Crippen LogP contribution in [-0.2, 0) is 26.0 Å². The lowest BCUT2D eigenvalue weighted by atomic mass is 9.92. The summed E-state index contributed by atoms with van der Waals surface area (Å²) in [5, 5.41) is 0. The molecule has 2 N–H and O–H groups in total. The van der Waals surface area contributed by atoms with Gasteiger partial charge in [0.05, 0.1) is 0 Å². The third-order valence-electron chi connectivity index (χ3n) is 3.95. The highest BCUT2D eigenvalue weighted by Gasteiger charge is 2.09. The Morgan fingerprint density at radius 3 is 2.55 bits per heavy atom. The Labute approximate surface area is 120 Å². The van der Waals surface area contributed by atoms with Gasteiger partial charge in [-0.05, 0) is 60.1 Å². The first-order chi connectivity index (χ1) is 9.85. The molecular formula is C18H21NO. The van der Waals surface area contributed by atoms with Crippen molar-refractivity contribution in [2.24, 2.45) is 5.73 Å². The molecule has 0 aromatic heterocycles. The molecule has 0 fully saturated rings. The summed E-state index contributed by atoms with van der Waals surface area (Å²) in [4.78, 5) is 0. The smallest absolute Gasteiger partial charge is 0.120 e. The third kappa shape index (κ3) is 3.02. The molecule has 2 heteroatoms. The second kappa shape index (κ2) is 6.10. The van der Waals surface area contributed by atoms with Crippen LogP contribution < -0.4 is 10.5 Å². The molecule has 104 valence electrons. The van der Waals surface area contributed by atoms with E-state index in [0.717, 1.165) is 11.3 Å². The maximum atomic E-state index is 5.92. The molecule has 0 atom stereocenters. The van der Waals surface area contributed by atoms with Gasteiger partial charge < -0.3 is 10.5 Å². The van der Waals surface area contributed by atoms with Crippen LogP contribution in [0.5, 0.6) is 5.75 Å². The van der Waals surface area contributed by atoms with Gasteiger partial charge in [-0.15, -0.1) is 0 Å². The maximum absolute atomic E-state index is 5.92. The van der Waals surface area contributed by atoms with E-state index in [1.54, 1.807) is 0 Å². The van der Waals surface area contributed by atoms with Gasteiger partial charge in [0.2, 0.25) is 0 Å². The van der Waals surface area contributed by atoms with Crippen LogP contribution in [0.25, 0.3) is 0 Å².